The lowest BCUT2D eigenvalue weighted by molar-refractivity contribution is 0.0977. The maximum Gasteiger partial charge on any atom is 0.257 e. The van der Waals surface area contributed by atoms with Gasteiger partial charge >= 0.3 is 0 Å². The fourth-order valence-corrected chi connectivity index (χ4v) is 3.28. The van der Waals surface area contributed by atoms with Gasteiger partial charge in [0.2, 0.25) is 5.89 Å². The van der Waals surface area contributed by atoms with E-state index in [4.69, 9.17) is 28.2 Å². The first-order chi connectivity index (χ1) is 14.4. The Labute approximate surface area is 184 Å². The highest BCUT2D eigenvalue weighted by atomic mass is 35.5. The standard InChI is InChI=1S/C23H18ClN3O2S/c1-13-3-4-16(11-14(13)2)21(28)27-23(30)25-18-9-10-20-19(12-18)26-22(29-20)15-5-7-17(24)8-6-15/h3-12H,1-2H3,(H2,25,27,28,30). The van der Waals surface area contributed by atoms with Gasteiger partial charge in [-0.1, -0.05) is 17.7 Å². The molecule has 30 heavy (non-hydrogen) atoms. The van der Waals surface area contributed by atoms with Crippen molar-refractivity contribution in [2.45, 2.75) is 13.8 Å². The summed E-state index contributed by atoms with van der Waals surface area (Å²) in [5.74, 6) is 0.243. The Morgan fingerprint density at radius 1 is 1.00 bits per heavy atom. The summed E-state index contributed by atoms with van der Waals surface area (Å²) in [7, 11) is 0. The van der Waals surface area contributed by atoms with Crippen LogP contribution in [0.5, 0.6) is 0 Å². The van der Waals surface area contributed by atoms with E-state index in [9.17, 15) is 4.79 Å². The van der Waals surface area contributed by atoms with Gasteiger partial charge < -0.3 is 9.73 Å². The molecule has 3 aromatic carbocycles. The fourth-order valence-electron chi connectivity index (χ4n) is 2.94. The monoisotopic (exact) mass is 435 g/mol. The van der Waals surface area contributed by atoms with Crippen LogP contribution in [0.25, 0.3) is 22.6 Å². The van der Waals surface area contributed by atoms with Gasteiger partial charge in [-0.2, -0.15) is 0 Å². The van der Waals surface area contributed by atoms with E-state index in [-0.39, 0.29) is 11.0 Å². The Hall–Kier alpha value is -3.22. The summed E-state index contributed by atoms with van der Waals surface area (Å²) < 4.78 is 5.81. The normalized spacial score (nSPS) is 10.8. The Bertz CT molecular complexity index is 1270. The highest BCUT2D eigenvalue weighted by Crippen LogP contribution is 2.27. The summed E-state index contributed by atoms with van der Waals surface area (Å²) in [6.45, 7) is 3.97. The van der Waals surface area contributed by atoms with Crippen LogP contribution in [0.15, 0.2) is 65.1 Å². The predicted octanol–water partition coefficient (Wildman–Crippen LogP) is 5.89. The number of rotatable bonds is 3. The average molecular weight is 436 g/mol. The van der Waals surface area contributed by atoms with E-state index in [2.05, 4.69) is 15.6 Å². The number of hydrogen-bond acceptors (Lipinski definition) is 4. The van der Waals surface area contributed by atoms with Crippen LogP contribution in [0, 0.1) is 13.8 Å². The van der Waals surface area contributed by atoms with Crippen LogP contribution < -0.4 is 10.6 Å². The number of benzene rings is 3. The van der Waals surface area contributed by atoms with E-state index in [1.54, 1.807) is 24.3 Å². The van der Waals surface area contributed by atoms with Crippen molar-refractivity contribution in [2.24, 2.45) is 0 Å². The third kappa shape index (κ3) is 4.35. The molecule has 7 heteroatoms. The van der Waals surface area contributed by atoms with Crippen LogP contribution in [0.2, 0.25) is 5.02 Å². The van der Waals surface area contributed by atoms with Crippen LogP contribution in [0.4, 0.5) is 5.69 Å². The fraction of sp³-hybridized carbons (Fsp3) is 0.0870. The molecule has 0 bridgehead atoms. The van der Waals surface area contributed by atoms with Crippen LogP contribution in [-0.2, 0) is 0 Å². The van der Waals surface area contributed by atoms with E-state index in [1.165, 1.54) is 0 Å². The number of hydrogen-bond donors (Lipinski definition) is 2. The zero-order valence-corrected chi connectivity index (χ0v) is 17.9. The van der Waals surface area contributed by atoms with Gasteiger partial charge in [-0.15, -0.1) is 0 Å². The number of fused-ring (bicyclic) bond motifs is 1. The van der Waals surface area contributed by atoms with Crippen molar-refractivity contribution in [3.63, 3.8) is 0 Å². The summed E-state index contributed by atoms with van der Waals surface area (Å²) in [5.41, 5.74) is 5.59. The Balaban J connectivity index is 1.47. The smallest absolute Gasteiger partial charge is 0.257 e. The van der Waals surface area contributed by atoms with Crippen molar-refractivity contribution >= 4 is 51.6 Å². The topological polar surface area (TPSA) is 67.2 Å². The molecule has 0 atom stereocenters. The van der Waals surface area contributed by atoms with Gasteiger partial charge in [0, 0.05) is 21.8 Å². The highest BCUT2D eigenvalue weighted by molar-refractivity contribution is 7.80. The quantitative estimate of drug-likeness (QED) is 0.392. The van der Waals surface area contributed by atoms with E-state index in [1.807, 2.05) is 50.2 Å². The minimum absolute atomic E-state index is 0.207. The number of anilines is 1. The lowest BCUT2D eigenvalue weighted by Gasteiger charge is -2.10. The molecule has 150 valence electrons. The van der Waals surface area contributed by atoms with Crippen LogP contribution in [0.1, 0.15) is 21.5 Å². The number of aromatic nitrogens is 1. The molecule has 4 aromatic rings. The number of aryl methyl sites for hydroxylation is 2. The van der Waals surface area contributed by atoms with Gasteiger partial charge in [-0.25, -0.2) is 4.98 Å². The van der Waals surface area contributed by atoms with Crippen LogP contribution >= 0.6 is 23.8 Å². The summed E-state index contributed by atoms with van der Waals surface area (Å²) in [6, 6.07) is 18.2. The molecule has 0 spiro atoms. The van der Waals surface area contributed by atoms with Gasteiger partial charge in [0.15, 0.2) is 10.7 Å². The number of nitrogens with zero attached hydrogens (tertiary/aromatic N) is 1. The number of carbonyl (C=O) groups excluding carboxylic acids is 1. The molecule has 0 aliphatic heterocycles. The Morgan fingerprint density at radius 3 is 2.50 bits per heavy atom. The van der Waals surface area contributed by atoms with E-state index in [0.29, 0.717) is 33.3 Å². The van der Waals surface area contributed by atoms with Crippen molar-refractivity contribution in [2.75, 3.05) is 5.32 Å². The third-order valence-electron chi connectivity index (χ3n) is 4.73. The minimum Gasteiger partial charge on any atom is -0.436 e. The Kier molecular flexibility index (Phi) is 5.53. The van der Waals surface area contributed by atoms with Crippen molar-refractivity contribution in [3.8, 4) is 11.5 Å². The van der Waals surface area contributed by atoms with Crippen molar-refractivity contribution in [3.05, 3.63) is 82.4 Å². The van der Waals surface area contributed by atoms with Crippen molar-refractivity contribution < 1.29 is 9.21 Å². The number of nitrogens with one attached hydrogen (secondary N) is 2. The lowest BCUT2D eigenvalue weighted by Crippen LogP contribution is -2.34. The molecule has 0 fully saturated rings. The first kappa shape index (κ1) is 20.1. The van der Waals surface area contributed by atoms with Gasteiger partial charge in [0.1, 0.15) is 5.52 Å². The zero-order valence-electron chi connectivity index (χ0n) is 16.3. The minimum atomic E-state index is -0.261. The predicted molar refractivity (Wildman–Crippen MR) is 124 cm³/mol. The van der Waals surface area contributed by atoms with Crippen LogP contribution in [0.3, 0.4) is 0 Å². The highest BCUT2D eigenvalue weighted by Gasteiger charge is 2.11. The molecule has 0 saturated heterocycles. The average Bonchev–Trinajstić information content (AvgIpc) is 3.13. The number of carbonyl (C=O) groups is 1. The molecule has 0 saturated carbocycles. The van der Waals surface area contributed by atoms with Crippen molar-refractivity contribution in [1.82, 2.24) is 10.3 Å². The molecule has 5 nitrogen and oxygen atoms in total. The molecular formula is C23H18ClN3O2S. The molecule has 0 aliphatic carbocycles. The van der Waals surface area contributed by atoms with Gasteiger partial charge in [0.25, 0.3) is 5.91 Å². The second-order valence-corrected chi connectivity index (χ2v) is 7.76. The largest absolute Gasteiger partial charge is 0.436 e. The molecule has 2 N–H and O–H groups in total. The SMILES string of the molecule is Cc1ccc(C(=O)NC(=S)Nc2ccc3oc(-c4ccc(Cl)cc4)nc3c2)cc1C. The van der Waals surface area contributed by atoms with Gasteiger partial charge in [-0.05, 0) is 91.8 Å². The van der Waals surface area contributed by atoms with E-state index >= 15 is 0 Å². The van der Waals surface area contributed by atoms with E-state index < -0.39 is 0 Å². The first-order valence-electron chi connectivity index (χ1n) is 9.25. The van der Waals surface area contributed by atoms with Gasteiger partial charge in [-0.3, -0.25) is 10.1 Å². The summed E-state index contributed by atoms with van der Waals surface area (Å²) in [4.78, 5) is 17.0. The Morgan fingerprint density at radius 2 is 1.77 bits per heavy atom. The summed E-state index contributed by atoms with van der Waals surface area (Å²) >= 11 is 11.2. The zero-order chi connectivity index (χ0) is 21.3. The second kappa shape index (κ2) is 8.26. The van der Waals surface area contributed by atoms with E-state index in [0.717, 1.165) is 16.7 Å². The number of amides is 1. The molecule has 0 unspecified atom stereocenters. The summed E-state index contributed by atoms with van der Waals surface area (Å²) in [6.07, 6.45) is 0. The lowest BCUT2D eigenvalue weighted by atomic mass is 10.1. The summed E-state index contributed by atoms with van der Waals surface area (Å²) in [5, 5.41) is 6.58. The molecular weight excluding hydrogens is 418 g/mol. The van der Waals surface area contributed by atoms with Crippen molar-refractivity contribution in [1.29, 1.82) is 0 Å². The van der Waals surface area contributed by atoms with Gasteiger partial charge in [0.05, 0.1) is 0 Å². The number of halogens is 1. The molecule has 1 amide bonds. The molecule has 1 aromatic heterocycles. The third-order valence-corrected chi connectivity index (χ3v) is 5.19. The first-order valence-corrected chi connectivity index (χ1v) is 10.0. The van der Waals surface area contributed by atoms with Crippen LogP contribution in [-0.4, -0.2) is 16.0 Å². The molecule has 4 rings (SSSR count). The maximum atomic E-state index is 12.4. The molecule has 1 heterocycles. The molecule has 0 radical (unpaired) electrons. The molecule has 0 aliphatic rings. The second-order valence-electron chi connectivity index (χ2n) is 6.92. The number of oxazole rings is 1. The maximum absolute atomic E-state index is 12.4. The number of thiocarbonyl (C=S) groups is 1.